The molecular weight excluding hydrogens is 254 g/mol. The van der Waals surface area contributed by atoms with Crippen LogP contribution in [0.4, 0.5) is 11.6 Å². The number of nitrogens with zero attached hydrogens (tertiary/aromatic N) is 4. The molecule has 1 aliphatic carbocycles. The van der Waals surface area contributed by atoms with Gasteiger partial charge in [-0.3, -0.25) is 4.90 Å². The second-order valence-corrected chi connectivity index (χ2v) is 5.56. The number of piperazine rings is 1. The third-order valence-electron chi connectivity index (χ3n) is 4.11. The van der Waals surface area contributed by atoms with Gasteiger partial charge in [-0.1, -0.05) is 0 Å². The van der Waals surface area contributed by atoms with Gasteiger partial charge in [0.25, 0.3) is 0 Å². The zero-order chi connectivity index (χ0) is 13.9. The van der Waals surface area contributed by atoms with E-state index in [9.17, 15) is 0 Å². The lowest BCUT2D eigenvalue weighted by Gasteiger charge is -2.36. The number of nitrogens with one attached hydrogen (secondary N) is 1. The molecule has 0 unspecified atom stereocenters. The van der Waals surface area contributed by atoms with Crippen molar-refractivity contribution in [1.82, 2.24) is 14.9 Å². The second kappa shape index (κ2) is 5.83. The maximum atomic E-state index is 5.48. The van der Waals surface area contributed by atoms with Crippen molar-refractivity contribution in [1.29, 1.82) is 0 Å². The molecule has 0 atom stereocenters. The van der Waals surface area contributed by atoms with E-state index in [0.717, 1.165) is 49.5 Å². The number of aromatic nitrogens is 2. The van der Waals surface area contributed by atoms with Crippen LogP contribution in [-0.4, -0.2) is 61.7 Å². The van der Waals surface area contributed by atoms with Crippen LogP contribution >= 0.6 is 0 Å². The third kappa shape index (κ3) is 2.80. The van der Waals surface area contributed by atoms with E-state index >= 15 is 0 Å². The van der Waals surface area contributed by atoms with Crippen molar-refractivity contribution in [2.24, 2.45) is 5.92 Å². The van der Waals surface area contributed by atoms with E-state index in [2.05, 4.69) is 25.1 Å². The fourth-order valence-electron chi connectivity index (χ4n) is 2.76. The van der Waals surface area contributed by atoms with Crippen molar-refractivity contribution in [3.63, 3.8) is 0 Å². The molecule has 2 aliphatic rings. The SMILES string of the molecule is CNc1ncnc(N2CCN(CC3CC3)CC2)c1OC. The first-order chi connectivity index (χ1) is 9.81. The van der Waals surface area contributed by atoms with Crippen LogP contribution in [0.3, 0.4) is 0 Å². The molecular formula is C14H23N5O. The highest BCUT2D eigenvalue weighted by Gasteiger charge is 2.27. The first-order valence-corrected chi connectivity index (χ1v) is 7.36. The quantitative estimate of drug-likeness (QED) is 0.868. The summed E-state index contributed by atoms with van der Waals surface area (Å²) in [6.45, 7) is 5.50. The number of hydrogen-bond donors (Lipinski definition) is 1. The molecule has 1 saturated heterocycles. The van der Waals surface area contributed by atoms with Crippen LogP contribution in [0.5, 0.6) is 5.75 Å². The minimum atomic E-state index is 0.741. The summed E-state index contributed by atoms with van der Waals surface area (Å²) in [6.07, 6.45) is 4.44. The second-order valence-electron chi connectivity index (χ2n) is 5.56. The molecule has 1 N–H and O–H groups in total. The highest BCUT2D eigenvalue weighted by atomic mass is 16.5. The molecule has 0 radical (unpaired) electrons. The van der Waals surface area contributed by atoms with Gasteiger partial charge in [0.15, 0.2) is 11.6 Å². The highest BCUT2D eigenvalue weighted by molar-refractivity contribution is 5.64. The molecule has 0 aromatic carbocycles. The first-order valence-electron chi connectivity index (χ1n) is 7.36. The maximum absolute atomic E-state index is 5.48. The molecule has 2 heterocycles. The number of rotatable bonds is 5. The Morgan fingerprint density at radius 3 is 2.60 bits per heavy atom. The molecule has 0 bridgehead atoms. The summed E-state index contributed by atoms with van der Waals surface area (Å²) < 4.78 is 5.48. The van der Waals surface area contributed by atoms with Crippen molar-refractivity contribution in [3.05, 3.63) is 6.33 Å². The zero-order valence-electron chi connectivity index (χ0n) is 12.3. The predicted octanol–water partition coefficient (Wildman–Crippen LogP) is 1.06. The molecule has 1 aliphatic heterocycles. The van der Waals surface area contributed by atoms with Crippen LogP contribution in [-0.2, 0) is 0 Å². The Labute approximate surface area is 120 Å². The van der Waals surface area contributed by atoms with Gasteiger partial charge < -0.3 is 15.0 Å². The van der Waals surface area contributed by atoms with Crippen LogP contribution in [0, 0.1) is 5.92 Å². The lowest BCUT2D eigenvalue weighted by atomic mass is 10.2. The monoisotopic (exact) mass is 277 g/mol. The van der Waals surface area contributed by atoms with Crippen LogP contribution < -0.4 is 15.0 Å². The van der Waals surface area contributed by atoms with Crippen molar-refractivity contribution >= 4 is 11.6 Å². The van der Waals surface area contributed by atoms with Crippen LogP contribution in [0.1, 0.15) is 12.8 Å². The summed E-state index contributed by atoms with van der Waals surface area (Å²) in [6, 6.07) is 0. The number of ether oxygens (including phenoxy) is 1. The Balaban J connectivity index is 1.67. The van der Waals surface area contributed by atoms with Gasteiger partial charge >= 0.3 is 0 Å². The highest BCUT2D eigenvalue weighted by Crippen LogP contribution is 2.33. The van der Waals surface area contributed by atoms with Gasteiger partial charge in [0, 0.05) is 39.8 Å². The van der Waals surface area contributed by atoms with Gasteiger partial charge in [-0.05, 0) is 18.8 Å². The van der Waals surface area contributed by atoms with E-state index in [0.29, 0.717) is 0 Å². The minimum absolute atomic E-state index is 0.741. The van der Waals surface area contributed by atoms with Gasteiger partial charge in [-0.15, -0.1) is 0 Å². The molecule has 20 heavy (non-hydrogen) atoms. The largest absolute Gasteiger partial charge is 0.490 e. The Bertz CT molecular complexity index is 455. The molecule has 1 saturated carbocycles. The van der Waals surface area contributed by atoms with Gasteiger partial charge in [0.1, 0.15) is 6.33 Å². The van der Waals surface area contributed by atoms with Gasteiger partial charge in [0.2, 0.25) is 5.75 Å². The van der Waals surface area contributed by atoms with Crippen molar-refractivity contribution < 1.29 is 4.74 Å². The normalized spacial score (nSPS) is 20.0. The molecule has 110 valence electrons. The molecule has 1 aromatic rings. The van der Waals surface area contributed by atoms with E-state index in [-0.39, 0.29) is 0 Å². The van der Waals surface area contributed by atoms with Crippen molar-refractivity contribution in [2.75, 3.05) is 57.1 Å². The van der Waals surface area contributed by atoms with Crippen molar-refractivity contribution in [2.45, 2.75) is 12.8 Å². The third-order valence-corrected chi connectivity index (χ3v) is 4.11. The summed E-state index contributed by atoms with van der Waals surface area (Å²) in [4.78, 5) is 13.5. The van der Waals surface area contributed by atoms with E-state index in [4.69, 9.17) is 4.74 Å². The molecule has 6 nitrogen and oxygen atoms in total. The number of hydrogen-bond acceptors (Lipinski definition) is 6. The van der Waals surface area contributed by atoms with Crippen LogP contribution in [0.2, 0.25) is 0 Å². The van der Waals surface area contributed by atoms with Gasteiger partial charge in [-0.25, -0.2) is 9.97 Å². The first kappa shape index (κ1) is 13.4. The summed E-state index contributed by atoms with van der Waals surface area (Å²) in [5, 5.41) is 3.06. The Morgan fingerprint density at radius 2 is 2.00 bits per heavy atom. The fraction of sp³-hybridized carbons (Fsp3) is 0.714. The molecule has 3 rings (SSSR count). The number of methoxy groups -OCH3 is 1. The lowest BCUT2D eigenvalue weighted by molar-refractivity contribution is 0.247. The summed E-state index contributed by atoms with van der Waals surface area (Å²) in [5.74, 6) is 3.35. The molecule has 2 fully saturated rings. The Hall–Kier alpha value is -1.56. The van der Waals surface area contributed by atoms with Gasteiger partial charge in [-0.2, -0.15) is 0 Å². The van der Waals surface area contributed by atoms with Crippen LogP contribution in [0.25, 0.3) is 0 Å². The van der Waals surface area contributed by atoms with E-state index in [1.807, 2.05) is 7.05 Å². The Morgan fingerprint density at radius 1 is 1.25 bits per heavy atom. The zero-order valence-corrected chi connectivity index (χ0v) is 12.3. The van der Waals surface area contributed by atoms with Crippen LogP contribution in [0.15, 0.2) is 6.33 Å². The van der Waals surface area contributed by atoms with Gasteiger partial charge in [0.05, 0.1) is 7.11 Å². The Kier molecular flexibility index (Phi) is 3.91. The standard InChI is InChI=1S/C14H23N5O/c1-15-13-12(20-2)14(17-10-16-13)19-7-5-18(6-8-19)9-11-3-4-11/h10-11H,3-9H2,1-2H3,(H,15,16,17). The lowest BCUT2D eigenvalue weighted by Crippen LogP contribution is -2.47. The maximum Gasteiger partial charge on any atom is 0.204 e. The average Bonchev–Trinajstić information content (AvgIpc) is 3.31. The minimum Gasteiger partial charge on any atom is -0.490 e. The molecule has 6 heteroatoms. The van der Waals surface area contributed by atoms with E-state index in [1.165, 1.54) is 19.4 Å². The molecule has 0 spiro atoms. The summed E-state index contributed by atoms with van der Waals surface area (Å²) in [7, 11) is 3.52. The molecule has 1 aromatic heterocycles. The van der Waals surface area contributed by atoms with E-state index < -0.39 is 0 Å². The summed E-state index contributed by atoms with van der Waals surface area (Å²) >= 11 is 0. The number of anilines is 2. The fourth-order valence-corrected chi connectivity index (χ4v) is 2.76. The smallest absolute Gasteiger partial charge is 0.204 e. The predicted molar refractivity (Wildman–Crippen MR) is 79.5 cm³/mol. The van der Waals surface area contributed by atoms with Crippen molar-refractivity contribution in [3.8, 4) is 5.75 Å². The topological polar surface area (TPSA) is 53.5 Å². The average molecular weight is 277 g/mol. The molecule has 0 amide bonds. The summed E-state index contributed by atoms with van der Waals surface area (Å²) in [5.41, 5.74) is 0. The van der Waals surface area contributed by atoms with E-state index in [1.54, 1.807) is 13.4 Å².